The molecule has 3 unspecified atom stereocenters. The molecule has 0 radical (unpaired) electrons. The van der Waals surface area contributed by atoms with Gasteiger partial charge in [-0.05, 0) is 44.3 Å². The van der Waals surface area contributed by atoms with E-state index in [2.05, 4.69) is 13.1 Å². The summed E-state index contributed by atoms with van der Waals surface area (Å²) in [5, 5.41) is 0. The maximum Gasteiger partial charge on any atom is 0.186 e. The predicted molar refractivity (Wildman–Crippen MR) is 106 cm³/mol. The zero-order valence-electron chi connectivity index (χ0n) is 16.7. The van der Waals surface area contributed by atoms with Gasteiger partial charge in [0.05, 0.1) is 12.2 Å². The smallest absolute Gasteiger partial charge is 0.186 e. The molecule has 0 spiro atoms. The van der Waals surface area contributed by atoms with Crippen molar-refractivity contribution in [3.8, 4) is 0 Å². The second-order valence-electron chi connectivity index (χ2n) is 8.93. The van der Waals surface area contributed by atoms with Gasteiger partial charge in [-0.25, -0.2) is 0 Å². The van der Waals surface area contributed by atoms with Gasteiger partial charge in [0.15, 0.2) is 8.32 Å². The van der Waals surface area contributed by atoms with Gasteiger partial charge in [-0.1, -0.05) is 70.6 Å². The van der Waals surface area contributed by atoms with Gasteiger partial charge in [0.2, 0.25) is 0 Å². The van der Waals surface area contributed by atoms with Gasteiger partial charge in [0, 0.05) is 7.11 Å². The highest BCUT2D eigenvalue weighted by Crippen LogP contribution is 2.41. The standard InChI is InChI=1S/C21H42O2Si/c1-22-24(2,3)17-13-11-9-7-5-4-6-8-10-12-14-19-15-16-20-21(18-19)23-20/h19-21H,4-18H2,1-3H3. The molecule has 1 aliphatic heterocycles. The second kappa shape index (κ2) is 11.0. The Labute approximate surface area is 152 Å². The van der Waals surface area contributed by atoms with Gasteiger partial charge in [-0.2, -0.15) is 0 Å². The minimum atomic E-state index is -1.29. The molecular formula is C21H42O2Si. The van der Waals surface area contributed by atoms with E-state index < -0.39 is 8.32 Å². The highest BCUT2D eigenvalue weighted by atomic mass is 28.4. The van der Waals surface area contributed by atoms with Gasteiger partial charge in [0.25, 0.3) is 0 Å². The van der Waals surface area contributed by atoms with Crippen LogP contribution in [0.4, 0.5) is 0 Å². The van der Waals surface area contributed by atoms with Crippen LogP contribution < -0.4 is 0 Å². The molecule has 3 atom stereocenters. The molecule has 1 saturated heterocycles. The van der Waals surface area contributed by atoms with Crippen molar-refractivity contribution in [1.29, 1.82) is 0 Å². The first kappa shape index (κ1) is 20.4. The molecule has 0 aromatic heterocycles. The van der Waals surface area contributed by atoms with Crippen LogP contribution in [0.2, 0.25) is 19.1 Å². The van der Waals surface area contributed by atoms with Crippen molar-refractivity contribution < 1.29 is 9.16 Å². The van der Waals surface area contributed by atoms with Crippen LogP contribution in [0.5, 0.6) is 0 Å². The maximum atomic E-state index is 5.63. The van der Waals surface area contributed by atoms with Gasteiger partial charge in [-0.3, -0.25) is 0 Å². The Hall–Kier alpha value is 0.137. The average Bonchev–Trinajstić information content (AvgIpc) is 3.34. The van der Waals surface area contributed by atoms with Crippen LogP contribution in [0.15, 0.2) is 0 Å². The van der Waals surface area contributed by atoms with Crippen LogP contribution in [0.25, 0.3) is 0 Å². The monoisotopic (exact) mass is 354 g/mol. The maximum absolute atomic E-state index is 5.63. The molecule has 2 nitrogen and oxygen atoms in total. The predicted octanol–water partition coefficient (Wildman–Crippen LogP) is 6.70. The highest BCUT2D eigenvalue weighted by Gasteiger charge is 2.43. The molecule has 1 aliphatic carbocycles. The van der Waals surface area contributed by atoms with Crippen molar-refractivity contribution in [2.24, 2.45) is 5.92 Å². The van der Waals surface area contributed by atoms with E-state index >= 15 is 0 Å². The van der Waals surface area contributed by atoms with Gasteiger partial charge in [0.1, 0.15) is 0 Å². The summed E-state index contributed by atoms with van der Waals surface area (Å²) in [7, 11) is 0.594. The summed E-state index contributed by atoms with van der Waals surface area (Å²) >= 11 is 0. The number of hydrogen-bond acceptors (Lipinski definition) is 2. The van der Waals surface area contributed by atoms with E-state index in [1.54, 1.807) is 0 Å². The molecule has 2 rings (SSSR count). The Morgan fingerprint density at radius 3 is 1.96 bits per heavy atom. The molecule has 2 fully saturated rings. The largest absolute Gasteiger partial charge is 0.420 e. The molecule has 1 saturated carbocycles. The fourth-order valence-electron chi connectivity index (χ4n) is 4.25. The Balaban J connectivity index is 1.27. The van der Waals surface area contributed by atoms with E-state index in [-0.39, 0.29) is 0 Å². The Bertz CT molecular complexity index is 332. The fraction of sp³-hybridized carbons (Fsp3) is 1.00. The number of hydrogen-bond donors (Lipinski definition) is 0. The third-order valence-electron chi connectivity index (χ3n) is 6.31. The summed E-state index contributed by atoms with van der Waals surface area (Å²) in [4.78, 5) is 0. The molecule has 2 aliphatic rings. The van der Waals surface area contributed by atoms with E-state index in [1.165, 1.54) is 95.9 Å². The van der Waals surface area contributed by atoms with Gasteiger partial charge in [-0.15, -0.1) is 0 Å². The summed E-state index contributed by atoms with van der Waals surface area (Å²) < 4.78 is 11.2. The Kier molecular flexibility index (Phi) is 9.35. The number of ether oxygens (including phenoxy) is 1. The number of rotatable bonds is 14. The van der Waals surface area contributed by atoms with E-state index in [0.717, 1.165) is 5.92 Å². The highest BCUT2D eigenvalue weighted by molar-refractivity contribution is 6.71. The van der Waals surface area contributed by atoms with E-state index in [9.17, 15) is 0 Å². The lowest BCUT2D eigenvalue weighted by atomic mass is 9.85. The third-order valence-corrected chi connectivity index (χ3v) is 8.97. The first-order valence-corrected chi connectivity index (χ1v) is 13.9. The van der Waals surface area contributed by atoms with Crippen molar-refractivity contribution in [2.75, 3.05) is 7.11 Å². The summed E-state index contributed by atoms with van der Waals surface area (Å²) in [6.45, 7) is 4.66. The number of epoxide rings is 1. The molecule has 3 heteroatoms. The fourth-order valence-corrected chi connectivity index (χ4v) is 5.55. The lowest BCUT2D eigenvalue weighted by Gasteiger charge is -2.19. The summed E-state index contributed by atoms with van der Waals surface area (Å²) in [6, 6.07) is 1.33. The summed E-state index contributed by atoms with van der Waals surface area (Å²) in [6.07, 6.45) is 21.4. The van der Waals surface area contributed by atoms with Crippen LogP contribution in [-0.4, -0.2) is 27.6 Å². The number of fused-ring (bicyclic) bond motifs is 1. The van der Waals surface area contributed by atoms with Crippen LogP contribution in [0.1, 0.15) is 89.9 Å². The molecule has 0 bridgehead atoms. The SMILES string of the molecule is CO[Si](C)(C)CCCCCCCCCCCCC1CCC2OC2C1. The molecule has 0 aromatic rings. The third kappa shape index (κ3) is 8.49. The average molecular weight is 355 g/mol. The van der Waals surface area contributed by atoms with Crippen LogP contribution >= 0.6 is 0 Å². The van der Waals surface area contributed by atoms with Crippen molar-refractivity contribution in [1.82, 2.24) is 0 Å². The van der Waals surface area contributed by atoms with Crippen LogP contribution in [0.3, 0.4) is 0 Å². The molecule has 1 heterocycles. The molecular weight excluding hydrogens is 312 g/mol. The van der Waals surface area contributed by atoms with Crippen LogP contribution in [-0.2, 0) is 9.16 Å². The lowest BCUT2D eigenvalue weighted by molar-refractivity contribution is 0.343. The topological polar surface area (TPSA) is 21.8 Å². The quantitative estimate of drug-likeness (QED) is 0.197. The second-order valence-corrected chi connectivity index (χ2v) is 13.4. The van der Waals surface area contributed by atoms with Gasteiger partial charge < -0.3 is 9.16 Å². The first-order valence-electron chi connectivity index (χ1n) is 10.8. The van der Waals surface area contributed by atoms with E-state index in [0.29, 0.717) is 12.2 Å². The Morgan fingerprint density at radius 2 is 1.38 bits per heavy atom. The summed E-state index contributed by atoms with van der Waals surface area (Å²) in [5.74, 6) is 0.986. The normalized spacial score (nSPS) is 26.4. The van der Waals surface area contributed by atoms with Crippen LogP contribution in [0, 0.1) is 5.92 Å². The van der Waals surface area contributed by atoms with Gasteiger partial charge >= 0.3 is 0 Å². The zero-order valence-corrected chi connectivity index (χ0v) is 17.7. The molecule has 24 heavy (non-hydrogen) atoms. The summed E-state index contributed by atoms with van der Waals surface area (Å²) in [5.41, 5.74) is 0. The number of unbranched alkanes of at least 4 members (excludes halogenated alkanes) is 9. The molecule has 0 aromatic carbocycles. The minimum Gasteiger partial charge on any atom is -0.420 e. The van der Waals surface area contributed by atoms with E-state index in [4.69, 9.17) is 9.16 Å². The van der Waals surface area contributed by atoms with Crippen molar-refractivity contribution in [3.63, 3.8) is 0 Å². The van der Waals surface area contributed by atoms with E-state index in [1.807, 2.05) is 7.11 Å². The first-order chi connectivity index (χ1) is 11.6. The van der Waals surface area contributed by atoms with Crippen molar-refractivity contribution in [3.05, 3.63) is 0 Å². The zero-order chi connectivity index (χ0) is 17.3. The van der Waals surface area contributed by atoms with Crippen molar-refractivity contribution in [2.45, 2.75) is 121 Å². The molecule has 142 valence electrons. The lowest BCUT2D eigenvalue weighted by Crippen LogP contribution is -2.27. The minimum absolute atomic E-state index is 0.673. The molecule has 0 amide bonds. The van der Waals surface area contributed by atoms with Crippen molar-refractivity contribution >= 4 is 8.32 Å². The Morgan fingerprint density at radius 1 is 0.792 bits per heavy atom. The molecule has 0 N–H and O–H groups in total.